The lowest BCUT2D eigenvalue weighted by Crippen LogP contribution is -2.49. The van der Waals surface area contributed by atoms with Crippen LogP contribution in [0.25, 0.3) is 0 Å². The number of nitrogens with two attached hydrogens (primary N) is 1. The number of rotatable bonds is 4. The summed E-state index contributed by atoms with van der Waals surface area (Å²) in [4.78, 5) is 14.7. The summed E-state index contributed by atoms with van der Waals surface area (Å²) in [6.07, 6.45) is 2.37. The van der Waals surface area contributed by atoms with Crippen molar-refractivity contribution in [3.05, 3.63) is 29.3 Å². The lowest BCUT2D eigenvalue weighted by Gasteiger charge is -2.37. The highest BCUT2D eigenvalue weighted by Gasteiger charge is 2.37. The van der Waals surface area contributed by atoms with Crippen LogP contribution in [0, 0.1) is 5.41 Å². The molecule has 4 nitrogen and oxygen atoms in total. The first kappa shape index (κ1) is 17.8. The monoisotopic (exact) mass is 312 g/mol. The number of hydrogen-bond donors (Lipinski definition) is 2. The summed E-state index contributed by atoms with van der Waals surface area (Å²) in [5.74, 6) is 0.410. The zero-order valence-corrected chi connectivity index (χ0v) is 13.6. The summed E-state index contributed by atoms with van der Waals surface area (Å²) in [5.41, 5.74) is 7.70. The van der Waals surface area contributed by atoms with E-state index in [-0.39, 0.29) is 24.1 Å². The smallest absolute Gasteiger partial charge is 0.230 e. The second-order valence-corrected chi connectivity index (χ2v) is 5.62. The maximum Gasteiger partial charge on any atom is 0.230 e. The molecule has 0 spiro atoms. The molecular formula is C16H25ClN2O2. The Kier molecular flexibility index (Phi) is 6.05. The SMILES string of the molecule is CCC(CC)(CN)C(=O)N1CCc2ccc(O)cc2C1.Cl. The Hall–Kier alpha value is -1.26. The fraction of sp³-hybridized carbons (Fsp3) is 0.562. The molecule has 1 aliphatic heterocycles. The molecule has 1 aliphatic rings. The molecule has 2 rings (SSSR count). The molecule has 0 atom stereocenters. The van der Waals surface area contributed by atoms with Gasteiger partial charge >= 0.3 is 0 Å². The van der Waals surface area contributed by atoms with Gasteiger partial charge in [-0.25, -0.2) is 0 Å². The van der Waals surface area contributed by atoms with Crippen LogP contribution in [0.3, 0.4) is 0 Å². The number of phenolic OH excluding ortho intramolecular Hbond substituents is 1. The average Bonchev–Trinajstić information content (AvgIpc) is 2.48. The van der Waals surface area contributed by atoms with Gasteiger partial charge in [0.15, 0.2) is 0 Å². The van der Waals surface area contributed by atoms with Gasteiger partial charge in [0, 0.05) is 19.6 Å². The normalized spacial score (nSPS) is 14.3. The maximum atomic E-state index is 12.8. The molecule has 0 saturated carbocycles. The van der Waals surface area contributed by atoms with E-state index in [0.717, 1.165) is 31.4 Å². The van der Waals surface area contributed by atoms with Crippen LogP contribution in [0.5, 0.6) is 5.75 Å². The molecular weight excluding hydrogens is 288 g/mol. The Morgan fingerprint density at radius 1 is 1.33 bits per heavy atom. The van der Waals surface area contributed by atoms with E-state index in [1.807, 2.05) is 24.8 Å². The number of benzene rings is 1. The molecule has 1 aromatic rings. The van der Waals surface area contributed by atoms with Crippen LogP contribution in [-0.4, -0.2) is 29.0 Å². The molecule has 1 heterocycles. The van der Waals surface area contributed by atoms with Crippen molar-refractivity contribution < 1.29 is 9.90 Å². The van der Waals surface area contributed by atoms with Crippen molar-refractivity contribution in [2.24, 2.45) is 11.1 Å². The van der Waals surface area contributed by atoms with Gasteiger partial charge in [0.2, 0.25) is 5.91 Å². The van der Waals surface area contributed by atoms with Crippen LogP contribution in [0.2, 0.25) is 0 Å². The van der Waals surface area contributed by atoms with Crippen molar-refractivity contribution >= 4 is 18.3 Å². The number of amides is 1. The molecule has 21 heavy (non-hydrogen) atoms. The Balaban J connectivity index is 0.00000220. The number of fused-ring (bicyclic) bond motifs is 1. The molecule has 118 valence electrons. The quantitative estimate of drug-likeness (QED) is 0.897. The minimum absolute atomic E-state index is 0. The zero-order valence-electron chi connectivity index (χ0n) is 12.8. The number of hydrogen-bond acceptors (Lipinski definition) is 3. The van der Waals surface area contributed by atoms with Crippen molar-refractivity contribution in [2.45, 2.75) is 39.7 Å². The highest BCUT2D eigenvalue weighted by atomic mass is 35.5. The fourth-order valence-corrected chi connectivity index (χ4v) is 2.98. The highest BCUT2D eigenvalue weighted by Crippen LogP contribution is 2.31. The second kappa shape index (κ2) is 7.14. The summed E-state index contributed by atoms with van der Waals surface area (Å²) >= 11 is 0. The highest BCUT2D eigenvalue weighted by molar-refractivity contribution is 5.85. The molecule has 3 N–H and O–H groups in total. The van der Waals surface area contributed by atoms with Gasteiger partial charge in [-0.15, -0.1) is 12.4 Å². The predicted molar refractivity (Wildman–Crippen MR) is 86.5 cm³/mol. The van der Waals surface area contributed by atoms with E-state index in [0.29, 0.717) is 13.1 Å². The van der Waals surface area contributed by atoms with Crippen molar-refractivity contribution in [3.8, 4) is 5.75 Å². The minimum atomic E-state index is -0.436. The maximum absolute atomic E-state index is 12.8. The van der Waals surface area contributed by atoms with Crippen molar-refractivity contribution in [3.63, 3.8) is 0 Å². The van der Waals surface area contributed by atoms with Crippen LogP contribution in [-0.2, 0) is 17.8 Å². The van der Waals surface area contributed by atoms with Gasteiger partial charge in [0.25, 0.3) is 0 Å². The summed E-state index contributed by atoms with van der Waals surface area (Å²) in [5, 5.41) is 9.59. The van der Waals surface area contributed by atoms with Gasteiger partial charge in [-0.3, -0.25) is 4.79 Å². The summed E-state index contributed by atoms with van der Waals surface area (Å²) in [7, 11) is 0. The van der Waals surface area contributed by atoms with Crippen LogP contribution in [0.15, 0.2) is 18.2 Å². The van der Waals surface area contributed by atoms with E-state index in [1.165, 1.54) is 5.56 Å². The molecule has 0 bridgehead atoms. The molecule has 5 heteroatoms. The third-order valence-corrected chi connectivity index (χ3v) is 4.69. The average molecular weight is 313 g/mol. The molecule has 0 aliphatic carbocycles. The first-order valence-electron chi connectivity index (χ1n) is 7.36. The Bertz CT molecular complexity index is 493. The Morgan fingerprint density at radius 3 is 2.57 bits per heavy atom. The second-order valence-electron chi connectivity index (χ2n) is 5.62. The van der Waals surface area contributed by atoms with E-state index in [1.54, 1.807) is 12.1 Å². The summed E-state index contributed by atoms with van der Waals surface area (Å²) in [6.45, 7) is 5.75. The topological polar surface area (TPSA) is 66.6 Å². The fourth-order valence-electron chi connectivity index (χ4n) is 2.98. The Morgan fingerprint density at radius 2 is 2.00 bits per heavy atom. The lowest BCUT2D eigenvalue weighted by atomic mass is 9.80. The number of carbonyl (C=O) groups is 1. The molecule has 0 unspecified atom stereocenters. The largest absolute Gasteiger partial charge is 0.508 e. The van der Waals surface area contributed by atoms with Crippen LogP contribution >= 0.6 is 12.4 Å². The van der Waals surface area contributed by atoms with E-state index in [2.05, 4.69) is 0 Å². The van der Waals surface area contributed by atoms with E-state index < -0.39 is 5.41 Å². The molecule has 1 amide bonds. The van der Waals surface area contributed by atoms with Crippen LogP contribution in [0.1, 0.15) is 37.8 Å². The van der Waals surface area contributed by atoms with Gasteiger partial charge in [-0.1, -0.05) is 19.9 Å². The first-order valence-corrected chi connectivity index (χ1v) is 7.36. The number of carbonyl (C=O) groups excluding carboxylic acids is 1. The molecule has 0 fully saturated rings. The lowest BCUT2D eigenvalue weighted by molar-refractivity contribution is -0.143. The van der Waals surface area contributed by atoms with Gasteiger partial charge in [0.1, 0.15) is 5.75 Å². The van der Waals surface area contributed by atoms with Crippen LogP contribution < -0.4 is 5.73 Å². The number of phenols is 1. The number of aromatic hydroxyl groups is 1. The van der Waals surface area contributed by atoms with E-state index in [9.17, 15) is 9.90 Å². The minimum Gasteiger partial charge on any atom is -0.508 e. The van der Waals surface area contributed by atoms with Crippen molar-refractivity contribution in [2.75, 3.05) is 13.1 Å². The van der Waals surface area contributed by atoms with E-state index in [4.69, 9.17) is 5.73 Å². The summed E-state index contributed by atoms with van der Waals surface area (Å²) in [6, 6.07) is 5.41. The predicted octanol–water partition coefficient (Wildman–Crippen LogP) is 2.46. The molecule has 0 saturated heterocycles. The number of halogens is 1. The zero-order chi connectivity index (χ0) is 14.8. The van der Waals surface area contributed by atoms with Crippen molar-refractivity contribution in [1.29, 1.82) is 0 Å². The standard InChI is InChI=1S/C16H24N2O2.ClH/c1-3-16(4-2,11-17)15(20)18-8-7-12-5-6-14(19)9-13(12)10-18;/h5-6,9,19H,3-4,7-8,10-11,17H2,1-2H3;1H. The van der Waals surface area contributed by atoms with Gasteiger partial charge in [-0.2, -0.15) is 0 Å². The number of nitrogens with zero attached hydrogens (tertiary/aromatic N) is 1. The summed E-state index contributed by atoms with van der Waals surface area (Å²) < 4.78 is 0. The van der Waals surface area contributed by atoms with Crippen LogP contribution in [0.4, 0.5) is 0 Å². The third kappa shape index (κ3) is 3.33. The van der Waals surface area contributed by atoms with Gasteiger partial charge in [0.05, 0.1) is 5.41 Å². The Labute approximate surface area is 132 Å². The van der Waals surface area contributed by atoms with Crippen molar-refractivity contribution in [1.82, 2.24) is 4.90 Å². The molecule has 0 radical (unpaired) electrons. The van der Waals surface area contributed by atoms with E-state index >= 15 is 0 Å². The first-order chi connectivity index (χ1) is 9.56. The molecule has 0 aromatic heterocycles. The van der Waals surface area contributed by atoms with Gasteiger partial charge in [-0.05, 0) is 42.5 Å². The van der Waals surface area contributed by atoms with Gasteiger partial charge < -0.3 is 15.7 Å². The third-order valence-electron chi connectivity index (χ3n) is 4.69. The molecule has 1 aromatic carbocycles.